The van der Waals surface area contributed by atoms with E-state index in [0.717, 1.165) is 0 Å². The van der Waals surface area contributed by atoms with E-state index in [1.165, 1.54) is 30.3 Å². The Morgan fingerprint density at radius 1 is 1.05 bits per heavy atom. The summed E-state index contributed by atoms with van der Waals surface area (Å²) in [4.78, 5) is 0. The zero-order valence-electron chi connectivity index (χ0n) is 10.0. The first-order valence-electron chi connectivity index (χ1n) is 6.03. The van der Waals surface area contributed by atoms with E-state index >= 15 is 0 Å². The first kappa shape index (κ1) is 12.1. The average Bonchev–Trinajstić information content (AvgIpc) is 2.39. The highest BCUT2D eigenvalue weighted by Crippen LogP contribution is 2.40. The molecule has 2 aromatic carbocycles. The molecule has 0 spiro atoms. The summed E-state index contributed by atoms with van der Waals surface area (Å²) in [6, 6.07) is 10.1. The minimum Gasteiger partial charge on any atom is -0.485 e. The van der Waals surface area contributed by atoms with Crippen molar-refractivity contribution in [3.05, 3.63) is 65.2 Å². The number of rotatable bonds is 1. The van der Waals surface area contributed by atoms with Gasteiger partial charge < -0.3 is 9.84 Å². The Kier molecular flexibility index (Phi) is 2.95. The van der Waals surface area contributed by atoms with Gasteiger partial charge in [0.25, 0.3) is 0 Å². The number of aliphatic hydroxyl groups excluding tert-OH is 1. The quantitative estimate of drug-likeness (QED) is 0.852. The minimum absolute atomic E-state index is 0.278. The Bertz CT molecular complexity index is 613. The zero-order valence-corrected chi connectivity index (χ0v) is 10.0. The molecule has 1 N–H and O–H groups in total. The molecule has 98 valence electrons. The van der Waals surface area contributed by atoms with Crippen molar-refractivity contribution in [2.45, 2.75) is 18.6 Å². The van der Waals surface area contributed by atoms with E-state index in [2.05, 4.69) is 0 Å². The van der Waals surface area contributed by atoms with Crippen molar-refractivity contribution >= 4 is 0 Å². The molecule has 0 aromatic heterocycles. The van der Waals surface area contributed by atoms with Gasteiger partial charge >= 0.3 is 0 Å². The van der Waals surface area contributed by atoms with Gasteiger partial charge in [-0.05, 0) is 35.9 Å². The smallest absolute Gasteiger partial charge is 0.127 e. The van der Waals surface area contributed by atoms with Crippen LogP contribution in [0.4, 0.5) is 8.78 Å². The van der Waals surface area contributed by atoms with Crippen LogP contribution >= 0.6 is 0 Å². The van der Waals surface area contributed by atoms with Crippen LogP contribution in [0, 0.1) is 11.6 Å². The highest BCUT2D eigenvalue weighted by atomic mass is 19.1. The Morgan fingerprint density at radius 3 is 2.63 bits per heavy atom. The number of hydrogen-bond acceptors (Lipinski definition) is 2. The zero-order chi connectivity index (χ0) is 13.4. The topological polar surface area (TPSA) is 29.5 Å². The lowest BCUT2D eigenvalue weighted by molar-refractivity contribution is 0.0652. The van der Waals surface area contributed by atoms with Gasteiger partial charge in [-0.15, -0.1) is 0 Å². The summed E-state index contributed by atoms with van der Waals surface area (Å²) in [7, 11) is 0. The van der Waals surface area contributed by atoms with E-state index in [0.29, 0.717) is 16.9 Å². The van der Waals surface area contributed by atoms with Crippen LogP contribution < -0.4 is 4.74 Å². The fraction of sp³-hybridized carbons (Fsp3) is 0.200. The van der Waals surface area contributed by atoms with Gasteiger partial charge in [-0.25, -0.2) is 8.78 Å². The SMILES string of the molecule is O[C@H]1CC(c2cccc(F)c2)Oc2ccc(F)cc21. The maximum absolute atomic E-state index is 13.2. The molecule has 0 radical (unpaired) electrons. The molecule has 3 rings (SSSR count). The largest absolute Gasteiger partial charge is 0.485 e. The molecule has 0 amide bonds. The van der Waals surface area contributed by atoms with E-state index in [1.54, 1.807) is 12.1 Å². The molecule has 1 heterocycles. The van der Waals surface area contributed by atoms with Crippen molar-refractivity contribution in [1.29, 1.82) is 0 Å². The van der Waals surface area contributed by atoms with Crippen LogP contribution in [0.3, 0.4) is 0 Å². The fourth-order valence-electron chi connectivity index (χ4n) is 2.33. The maximum atomic E-state index is 13.2. The van der Waals surface area contributed by atoms with Crippen LogP contribution in [0.25, 0.3) is 0 Å². The lowest BCUT2D eigenvalue weighted by atomic mass is 9.95. The Labute approximate surface area is 109 Å². The van der Waals surface area contributed by atoms with Gasteiger partial charge in [0.1, 0.15) is 23.5 Å². The number of fused-ring (bicyclic) bond motifs is 1. The van der Waals surface area contributed by atoms with Crippen LogP contribution in [-0.2, 0) is 0 Å². The van der Waals surface area contributed by atoms with E-state index in [1.807, 2.05) is 0 Å². The van der Waals surface area contributed by atoms with Crippen LogP contribution in [0.15, 0.2) is 42.5 Å². The molecule has 4 heteroatoms. The predicted octanol–water partition coefficient (Wildman–Crippen LogP) is 3.52. The third-order valence-corrected chi connectivity index (χ3v) is 3.26. The number of halogens is 2. The van der Waals surface area contributed by atoms with Crippen LogP contribution in [0.1, 0.15) is 29.8 Å². The third-order valence-electron chi connectivity index (χ3n) is 3.26. The second-order valence-corrected chi connectivity index (χ2v) is 4.60. The summed E-state index contributed by atoms with van der Waals surface area (Å²) in [6.45, 7) is 0. The molecule has 2 atom stereocenters. The lowest BCUT2D eigenvalue weighted by Gasteiger charge is -2.29. The van der Waals surface area contributed by atoms with Crippen molar-refractivity contribution in [3.63, 3.8) is 0 Å². The van der Waals surface area contributed by atoms with Gasteiger partial charge in [-0.1, -0.05) is 12.1 Å². The molecule has 2 aromatic rings. The summed E-state index contributed by atoms with van der Waals surface area (Å²) in [5.41, 5.74) is 1.10. The predicted molar refractivity (Wildman–Crippen MR) is 65.7 cm³/mol. The summed E-state index contributed by atoms with van der Waals surface area (Å²) >= 11 is 0. The summed E-state index contributed by atoms with van der Waals surface area (Å²) in [6.07, 6.45) is -0.962. The fourth-order valence-corrected chi connectivity index (χ4v) is 2.33. The highest BCUT2D eigenvalue weighted by Gasteiger charge is 2.28. The molecule has 0 fully saturated rings. The Hall–Kier alpha value is -1.94. The summed E-state index contributed by atoms with van der Waals surface area (Å²) < 4.78 is 32.0. The van der Waals surface area contributed by atoms with Gasteiger partial charge in [0.15, 0.2) is 0 Å². The monoisotopic (exact) mass is 262 g/mol. The summed E-state index contributed by atoms with van der Waals surface area (Å²) in [5.74, 6) is -0.319. The second-order valence-electron chi connectivity index (χ2n) is 4.60. The molecular formula is C15H12F2O2. The second kappa shape index (κ2) is 4.63. The van der Waals surface area contributed by atoms with Crippen molar-refractivity contribution in [3.8, 4) is 5.75 Å². The lowest BCUT2D eigenvalue weighted by Crippen LogP contribution is -2.19. The van der Waals surface area contributed by atoms with E-state index in [9.17, 15) is 13.9 Å². The van der Waals surface area contributed by atoms with Crippen molar-refractivity contribution in [2.75, 3.05) is 0 Å². The molecule has 1 unspecified atom stereocenters. The van der Waals surface area contributed by atoms with Gasteiger partial charge in [0, 0.05) is 12.0 Å². The average molecular weight is 262 g/mol. The maximum Gasteiger partial charge on any atom is 0.127 e. The molecule has 0 aliphatic carbocycles. The van der Waals surface area contributed by atoms with Gasteiger partial charge in [-0.2, -0.15) is 0 Å². The Balaban J connectivity index is 1.95. The molecular weight excluding hydrogens is 250 g/mol. The van der Waals surface area contributed by atoms with E-state index < -0.39 is 18.0 Å². The standard InChI is InChI=1S/C15H12F2O2/c16-10-3-1-2-9(6-10)15-8-13(18)12-7-11(17)4-5-14(12)19-15/h1-7,13,15,18H,8H2/t13-,15?/m0/s1. The number of ether oxygens (including phenoxy) is 1. The minimum atomic E-state index is -0.812. The molecule has 19 heavy (non-hydrogen) atoms. The van der Waals surface area contributed by atoms with Crippen LogP contribution in [-0.4, -0.2) is 5.11 Å². The van der Waals surface area contributed by atoms with E-state index in [4.69, 9.17) is 4.74 Å². The summed E-state index contributed by atoms with van der Waals surface area (Å²) in [5, 5.41) is 10.0. The first-order valence-corrected chi connectivity index (χ1v) is 6.03. The molecule has 2 nitrogen and oxygen atoms in total. The molecule has 1 aliphatic heterocycles. The van der Waals surface area contributed by atoms with Crippen LogP contribution in [0.5, 0.6) is 5.75 Å². The normalized spacial score (nSPS) is 21.6. The Morgan fingerprint density at radius 2 is 1.84 bits per heavy atom. The molecule has 0 saturated heterocycles. The van der Waals surface area contributed by atoms with E-state index in [-0.39, 0.29) is 12.2 Å². The highest BCUT2D eigenvalue weighted by molar-refractivity contribution is 5.38. The molecule has 1 aliphatic rings. The molecule has 0 saturated carbocycles. The number of hydrogen-bond donors (Lipinski definition) is 1. The number of benzene rings is 2. The van der Waals surface area contributed by atoms with Crippen molar-refractivity contribution < 1.29 is 18.6 Å². The van der Waals surface area contributed by atoms with Gasteiger partial charge in [0.2, 0.25) is 0 Å². The van der Waals surface area contributed by atoms with Crippen molar-refractivity contribution in [1.82, 2.24) is 0 Å². The van der Waals surface area contributed by atoms with Gasteiger partial charge in [-0.3, -0.25) is 0 Å². The number of aliphatic hydroxyl groups is 1. The van der Waals surface area contributed by atoms with Crippen LogP contribution in [0.2, 0.25) is 0 Å². The first-order chi connectivity index (χ1) is 9.13. The van der Waals surface area contributed by atoms with Gasteiger partial charge in [0.05, 0.1) is 6.10 Å². The third kappa shape index (κ3) is 2.31. The molecule has 0 bridgehead atoms. The van der Waals surface area contributed by atoms with Crippen molar-refractivity contribution in [2.24, 2.45) is 0 Å².